The van der Waals surface area contributed by atoms with Crippen LogP contribution < -0.4 is 4.74 Å². The Hall–Kier alpha value is -3.58. The first-order valence-corrected chi connectivity index (χ1v) is 12.8. The summed E-state index contributed by atoms with van der Waals surface area (Å²) < 4.78 is 36.0. The second-order valence-corrected chi connectivity index (χ2v) is 10.5. The number of ketones is 1. The molecule has 3 aromatic carbocycles. The summed E-state index contributed by atoms with van der Waals surface area (Å²) in [6.45, 7) is 8.06. The van der Waals surface area contributed by atoms with Crippen LogP contribution in [0.25, 0.3) is 0 Å². The maximum atomic E-state index is 14.8. The molecule has 4 aromatic rings. The second-order valence-electron chi connectivity index (χ2n) is 10.1. The predicted molar refractivity (Wildman–Crippen MR) is 144 cm³/mol. The first-order chi connectivity index (χ1) is 18.1. The number of aryl methyl sites for hydroxylation is 1. The Morgan fingerprint density at radius 2 is 1.82 bits per heavy atom. The number of carbonyl (C=O) groups is 1. The Bertz CT molecular complexity index is 1410. The Morgan fingerprint density at radius 1 is 1.08 bits per heavy atom. The summed E-state index contributed by atoms with van der Waals surface area (Å²) in [5.41, 5.74) is 2.00. The number of halogens is 3. The zero-order valence-electron chi connectivity index (χ0n) is 21.8. The standard InChI is InChI=1S/C30H30ClF2N3O2/c1-19-5-11-25(27(31)13-19)20(2)21(3)29(37)22-6-9-24(10-7-22)38-16-30(4,15-36-18-34-17-35-36)26-12-8-23(32)14-28(26)33/h5-14,17-18,20-21H,15-16H2,1-4H3. The van der Waals surface area contributed by atoms with Gasteiger partial charge in [0.05, 0.1) is 13.2 Å². The SMILES string of the molecule is Cc1ccc(C(C)C(C)C(=O)c2ccc(OCC(C)(Cn3cncn3)c3ccc(F)cc3F)cc2)c(Cl)c1. The second kappa shape index (κ2) is 11.4. The van der Waals surface area contributed by atoms with E-state index in [2.05, 4.69) is 10.1 Å². The third-order valence-electron chi connectivity index (χ3n) is 7.07. The smallest absolute Gasteiger partial charge is 0.166 e. The molecule has 0 fully saturated rings. The molecule has 0 N–H and O–H groups in total. The maximum Gasteiger partial charge on any atom is 0.166 e. The summed E-state index contributed by atoms with van der Waals surface area (Å²) >= 11 is 6.44. The van der Waals surface area contributed by atoms with Crippen molar-refractivity contribution >= 4 is 17.4 Å². The van der Waals surface area contributed by atoms with E-state index in [1.807, 2.05) is 45.9 Å². The van der Waals surface area contributed by atoms with E-state index in [0.717, 1.165) is 17.2 Å². The minimum atomic E-state index is -0.878. The maximum absolute atomic E-state index is 14.8. The Kier molecular flexibility index (Phi) is 8.26. The van der Waals surface area contributed by atoms with Crippen LogP contribution in [0.2, 0.25) is 5.02 Å². The summed E-state index contributed by atoms with van der Waals surface area (Å²) in [5.74, 6) is -1.12. The number of Topliss-reactive ketones (excluding diaryl/α,β-unsaturated/α-hetero) is 1. The van der Waals surface area contributed by atoms with Crippen molar-refractivity contribution < 1.29 is 18.3 Å². The monoisotopic (exact) mass is 537 g/mol. The number of nitrogens with zero attached hydrogens (tertiary/aromatic N) is 3. The van der Waals surface area contributed by atoms with Crippen molar-refractivity contribution in [3.05, 3.63) is 112 Å². The van der Waals surface area contributed by atoms with Gasteiger partial charge in [-0.05, 0) is 65.9 Å². The molecule has 0 spiro atoms. The Balaban J connectivity index is 1.48. The highest BCUT2D eigenvalue weighted by Crippen LogP contribution is 2.33. The van der Waals surface area contributed by atoms with E-state index in [1.165, 1.54) is 24.8 Å². The summed E-state index contributed by atoms with van der Waals surface area (Å²) in [6.07, 6.45) is 2.93. The van der Waals surface area contributed by atoms with Crippen LogP contribution in [-0.2, 0) is 12.0 Å². The first kappa shape index (κ1) is 27.5. The molecule has 0 aliphatic heterocycles. The van der Waals surface area contributed by atoms with Crippen molar-refractivity contribution in [2.45, 2.75) is 45.6 Å². The number of carbonyl (C=O) groups excluding carboxylic acids is 1. The predicted octanol–water partition coefficient (Wildman–Crippen LogP) is 7.18. The topological polar surface area (TPSA) is 57.0 Å². The molecule has 1 aromatic heterocycles. The lowest BCUT2D eigenvalue weighted by molar-refractivity contribution is 0.0915. The summed E-state index contributed by atoms with van der Waals surface area (Å²) in [6, 6.07) is 16.3. The van der Waals surface area contributed by atoms with E-state index < -0.39 is 17.0 Å². The van der Waals surface area contributed by atoms with Crippen LogP contribution in [0.5, 0.6) is 5.75 Å². The third kappa shape index (κ3) is 6.10. The minimum absolute atomic E-state index is 0.00472. The Morgan fingerprint density at radius 3 is 2.45 bits per heavy atom. The molecule has 3 atom stereocenters. The number of aromatic nitrogens is 3. The van der Waals surface area contributed by atoms with Gasteiger partial charge in [0.2, 0.25) is 0 Å². The molecule has 0 saturated carbocycles. The molecule has 3 unspecified atom stereocenters. The summed E-state index contributed by atoms with van der Waals surface area (Å²) in [4.78, 5) is 17.2. The molecular weight excluding hydrogens is 508 g/mol. The molecule has 38 heavy (non-hydrogen) atoms. The first-order valence-electron chi connectivity index (χ1n) is 12.4. The van der Waals surface area contributed by atoms with Gasteiger partial charge < -0.3 is 4.74 Å². The molecule has 198 valence electrons. The normalized spacial score (nSPS) is 14.5. The van der Waals surface area contributed by atoms with Crippen molar-refractivity contribution in [2.24, 2.45) is 5.92 Å². The van der Waals surface area contributed by atoms with Crippen LogP contribution >= 0.6 is 11.6 Å². The molecule has 5 nitrogen and oxygen atoms in total. The molecule has 0 radical (unpaired) electrons. The Labute approximate surface area is 226 Å². The fraction of sp³-hybridized carbons (Fsp3) is 0.300. The van der Waals surface area contributed by atoms with Gasteiger partial charge in [-0.2, -0.15) is 5.10 Å². The number of hydrogen-bond acceptors (Lipinski definition) is 4. The van der Waals surface area contributed by atoms with Crippen LogP contribution in [0.1, 0.15) is 53.7 Å². The van der Waals surface area contributed by atoms with Gasteiger partial charge in [-0.1, -0.05) is 50.6 Å². The molecule has 0 aliphatic rings. The van der Waals surface area contributed by atoms with Gasteiger partial charge in [0, 0.05) is 28.0 Å². The van der Waals surface area contributed by atoms with Crippen LogP contribution in [0.3, 0.4) is 0 Å². The van der Waals surface area contributed by atoms with Crippen molar-refractivity contribution in [1.29, 1.82) is 0 Å². The van der Waals surface area contributed by atoms with Crippen LogP contribution in [-0.4, -0.2) is 27.2 Å². The molecule has 1 heterocycles. The lowest BCUT2D eigenvalue weighted by atomic mass is 9.82. The van der Waals surface area contributed by atoms with Crippen molar-refractivity contribution in [3.8, 4) is 5.75 Å². The molecule has 4 rings (SSSR count). The molecular formula is C30H30ClF2N3O2. The van der Waals surface area contributed by atoms with Crippen molar-refractivity contribution in [1.82, 2.24) is 14.8 Å². The van der Waals surface area contributed by atoms with Gasteiger partial charge in [-0.25, -0.2) is 13.8 Å². The lowest BCUT2D eigenvalue weighted by Crippen LogP contribution is -2.36. The van der Waals surface area contributed by atoms with E-state index >= 15 is 0 Å². The molecule has 8 heteroatoms. The van der Waals surface area contributed by atoms with Gasteiger partial charge in [0.25, 0.3) is 0 Å². The lowest BCUT2D eigenvalue weighted by Gasteiger charge is -2.30. The van der Waals surface area contributed by atoms with E-state index in [0.29, 0.717) is 21.9 Å². The minimum Gasteiger partial charge on any atom is -0.493 e. The van der Waals surface area contributed by atoms with E-state index in [4.69, 9.17) is 16.3 Å². The average molecular weight is 538 g/mol. The average Bonchev–Trinajstić information content (AvgIpc) is 3.39. The highest BCUT2D eigenvalue weighted by molar-refractivity contribution is 6.31. The van der Waals surface area contributed by atoms with Crippen LogP contribution in [0, 0.1) is 24.5 Å². The quantitative estimate of drug-likeness (QED) is 0.201. The van der Waals surface area contributed by atoms with Gasteiger partial charge in [-0.15, -0.1) is 0 Å². The van der Waals surface area contributed by atoms with Crippen LogP contribution in [0.4, 0.5) is 8.78 Å². The molecule has 0 bridgehead atoms. The zero-order valence-corrected chi connectivity index (χ0v) is 22.5. The summed E-state index contributed by atoms with van der Waals surface area (Å²) in [5, 5.41) is 4.79. The van der Waals surface area contributed by atoms with E-state index in [-0.39, 0.29) is 30.8 Å². The number of ether oxygens (including phenoxy) is 1. The number of benzene rings is 3. The van der Waals surface area contributed by atoms with Gasteiger partial charge >= 0.3 is 0 Å². The zero-order chi connectivity index (χ0) is 27.4. The van der Waals surface area contributed by atoms with Gasteiger partial charge in [0.1, 0.15) is 30.0 Å². The van der Waals surface area contributed by atoms with Crippen LogP contribution in [0.15, 0.2) is 73.3 Å². The fourth-order valence-electron chi connectivity index (χ4n) is 4.58. The number of rotatable bonds is 10. The van der Waals surface area contributed by atoms with Gasteiger partial charge in [0.15, 0.2) is 5.78 Å². The molecule has 0 amide bonds. The highest BCUT2D eigenvalue weighted by atomic mass is 35.5. The van der Waals surface area contributed by atoms with Crippen molar-refractivity contribution in [3.63, 3.8) is 0 Å². The molecule has 0 saturated heterocycles. The van der Waals surface area contributed by atoms with E-state index in [9.17, 15) is 13.6 Å². The fourth-order valence-corrected chi connectivity index (χ4v) is 4.99. The van der Waals surface area contributed by atoms with Crippen molar-refractivity contribution in [2.75, 3.05) is 6.61 Å². The number of hydrogen-bond donors (Lipinski definition) is 0. The van der Waals surface area contributed by atoms with E-state index in [1.54, 1.807) is 28.9 Å². The largest absolute Gasteiger partial charge is 0.493 e. The highest BCUT2D eigenvalue weighted by Gasteiger charge is 2.32. The summed E-state index contributed by atoms with van der Waals surface area (Å²) in [7, 11) is 0. The van der Waals surface area contributed by atoms with Gasteiger partial charge in [-0.3, -0.25) is 9.48 Å². The third-order valence-corrected chi connectivity index (χ3v) is 7.39. The molecule has 0 aliphatic carbocycles.